The van der Waals surface area contributed by atoms with E-state index in [0.29, 0.717) is 35.1 Å². The number of pyridine rings is 1. The van der Waals surface area contributed by atoms with E-state index in [2.05, 4.69) is 10.3 Å². The summed E-state index contributed by atoms with van der Waals surface area (Å²) in [6.45, 7) is 5.99. The van der Waals surface area contributed by atoms with Crippen molar-refractivity contribution in [3.05, 3.63) is 35.5 Å². The zero-order valence-corrected chi connectivity index (χ0v) is 16.2. The number of fused-ring (bicyclic) bond motifs is 1. The highest BCUT2D eigenvalue weighted by Crippen LogP contribution is 2.28. The summed E-state index contributed by atoms with van der Waals surface area (Å²) >= 11 is 0. The zero-order chi connectivity index (χ0) is 20.5. The first-order valence-corrected chi connectivity index (χ1v) is 9.12. The fraction of sp³-hybridized carbons (Fsp3) is 0.400. The van der Waals surface area contributed by atoms with Gasteiger partial charge in [0.15, 0.2) is 0 Å². The molecule has 0 atom stereocenters. The van der Waals surface area contributed by atoms with Gasteiger partial charge in [0.2, 0.25) is 0 Å². The fourth-order valence-electron chi connectivity index (χ4n) is 2.59. The van der Waals surface area contributed by atoms with Crippen LogP contribution in [0.4, 0.5) is 5.69 Å². The molecular formula is C20H24N2O6. The summed E-state index contributed by atoms with van der Waals surface area (Å²) < 4.78 is 15.1. The molecule has 1 heterocycles. The standard InChI is InChI=1S/C20H24N2O6/c1-4-26-19(24)14-7-8-17-15(11-14)18(21-9-6-10-28-13(3)23)16(12-22-17)20(25)27-5-2/h7-8,11-12H,4-6,9-10H2,1-3H3,(H,21,22). The van der Waals surface area contributed by atoms with E-state index in [1.807, 2.05) is 0 Å². The molecule has 1 aromatic heterocycles. The van der Waals surface area contributed by atoms with Gasteiger partial charge in [0.05, 0.1) is 36.6 Å². The number of nitrogens with zero attached hydrogens (tertiary/aromatic N) is 1. The van der Waals surface area contributed by atoms with Crippen LogP contribution in [0.1, 0.15) is 47.9 Å². The summed E-state index contributed by atoms with van der Waals surface area (Å²) in [6.07, 6.45) is 1.99. The smallest absolute Gasteiger partial charge is 0.341 e. The van der Waals surface area contributed by atoms with Gasteiger partial charge in [0.25, 0.3) is 0 Å². The van der Waals surface area contributed by atoms with E-state index in [1.54, 1.807) is 32.0 Å². The van der Waals surface area contributed by atoms with Gasteiger partial charge in [-0.3, -0.25) is 9.78 Å². The number of carbonyl (C=O) groups excluding carboxylic acids is 3. The number of nitrogens with one attached hydrogen (secondary N) is 1. The molecule has 0 saturated heterocycles. The van der Waals surface area contributed by atoms with Gasteiger partial charge in [-0.15, -0.1) is 0 Å². The lowest BCUT2D eigenvalue weighted by molar-refractivity contribution is -0.140. The molecule has 8 nitrogen and oxygen atoms in total. The molecule has 28 heavy (non-hydrogen) atoms. The Bertz CT molecular complexity index is 860. The Morgan fingerprint density at radius 2 is 1.75 bits per heavy atom. The van der Waals surface area contributed by atoms with Crippen LogP contribution in [-0.2, 0) is 19.0 Å². The summed E-state index contributed by atoms with van der Waals surface area (Å²) in [6, 6.07) is 4.96. The Balaban J connectivity index is 2.38. The van der Waals surface area contributed by atoms with Gasteiger partial charge in [0, 0.05) is 25.1 Å². The molecule has 0 aliphatic rings. The molecule has 0 unspecified atom stereocenters. The van der Waals surface area contributed by atoms with Crippen molar-refractivity contribution >= 4 is 34.5 Å². The number of hydrogen-bond donors (Lipinski definition) is 1. The summed E-state index contributed by atoms with van der Waals surface area (Å²) in [7, 11) is 0. The highest BCUT2D eigenvalue weighted by Gasteiger charge is 2.18. The molecule has 8 heteroatoms. The molecule has 0 aliphatic carbocycles. The number of hydrogen-bond acceptors (Lipinski definition) is 8. The van der Waals surface area contributed by atoms with Crippen molar-refractivity contribution in [1.29, 1.82) is 0 Å². The Morgan fingerprint density at radius 1 is 1.04 bits per heavy atom. The molecule has 150 valence electrons. The minimum absolute atomic E-state index is 0.228. The van der Waals surface area contributed by atoms with E-state index in [1.165, 1.54) is 13.1 Å². The van der Waals surface area contributed by atoms with Crippen LogP contribution >= 0.6 is 0 Å². The second kappa shape index (κ2) is 10.2. The van der Waals surface area contributed by atoms with Gasteiger partial charge in [-0.25, -0.2) is 9.59 Å². The molecule has 0 bridgehead atoms. The number of rotatable bonds is 9. The van der Waals surface area contributed by atoms with Crippen molar-refractivity contribution in [2.45, 2.75) is 27.2 Å². The molecular weight excluding hydrogens is 364 g/mol. The van der Waals surface area contributed by atoms with Crippen LogP contribution in [0.3, 0.4) is 0 Å². The third-order valence-electron chi connectivity index (χ3n) is 3.80. The molecule has 0 radical (unpaired) electrons. The van der Waals surface area contributed by atoms with E-state index < -0.39 is 11.9 Å². The highest BCUT2D eigenvalue weighted by atomic mass is 16.5. The first kappa shape index (κ1) is 21.1. The molecule has 0 fully saturated rings. The minimum atomic E-state index is -0.513. The van der Waals surface area contributed by atoms with Crippen LogP contribution < -0.4 is 5.32 Å². The summed E-state index contributed by atoms with van der Waals surface area (Å²) in [4.78, 5) is 39.6. The van der Waals surface area contributed by atoms with Gasteiger partial charge in [-0.1, -0.05) is 0 Å². The maximum Gasteiger partial charge on any atom is 0.341 e. The van der Waals surface area contributed by atoms with Crippen molar-refractivity contribution in [1.82, 2.24) is 4.98 Å². The summed E-state index contributed by atoms with van der Waals surface area (Å²) in [5.41, 5.74) is 1.75. The van der Waals surface area contributed by atoms with Crippen molar-refractivity contribution in [3.63, 3.8) is 0 Å². The predicted molar refractivity (Wildman–Crippen MR) is 103 cm³/mol. The monoisotopic (exact) mass is 388 g/mol. The largest absolute Gasteiger partial charge is 0.466 e. The van der Waals surface area contributed by atoms with E-state index >= 15 is 0 Å². The Morgan fingerprint density at radius 3 is 2.43 bits per heavy atom. The van der Waals surface area contributed by atoms with E-state index in [0.717, 1.165) is 0 Å². The maximum absolute atomic E-state index is 12.3. The Hall–Kier alpha value is -3.16. The second-order valence-corrected chi connectivity index (χ2v) is 5.84. The number of esters is 3. The quantitative estimate of drug-likeness (QED) is 0.397. The zero-order valence-electron chi connectivity index (χ0n) is 16.2. The van der Waals surface area contributed by atoms with Crippen LogP contribution in [0, 0.1) is 0 Å². The van der Waals surface area contributed by atoms with Gasteiger partial charge in [-0.2, -0.15) is 0 Å². The molecule has 2 rings (SSSR count). The first-order valence-electron chi connectivity index (χ1n) is 9.12. The molecule has 2 aromatic rings. The third-order valence-corrected chi connectivity index (χ3v) is 3.80. The predicted octanol–water partition coefficient (Wildman–Crippen LogP) is 2.95. The number of anilines is 1. The fourth-order valence-corrected chi connectivity index (χ4v) is 2.59. The summed E-state index contributed by atoms with van der Waals surface area (Å²) in [5, 5.41) is 3.78. The lowest BCUT2D eigenvalue weighted by Gasteiger charge is -2.15. The molecule has 0 saturated carbocycles. The summed E-state index contributed by atoms with van der Waals surface area (Å²) in [5.74, 6) is -1.31. The molecule has 0 spiro atoms. The van der Waals surface area contributed by atoms with Crippen LogP contribution in [0.15, 0.2) is 24.4 Å². The maximum atomic E-state index is 12.3. The molecule has 0 aliphatic heterocycles. The number of aromatic nitrogens is 1. The highest BCUT2D eigenvalue weighted by molar-refractivity contribution is 6.06. The molecule has 0 amide bonds. The normalized spacial score (nSPS) is 10.4. The van der Waals surface area contributed by atoms with Gasteiger partial charge >= 0.3 is 17.9 Å². The van der Waals surface area contributed by atoms with E-state index in [9.17, 15) is 14.4 Å². The average molecular weight is 388 g/mol. The average Bonchev–Trinajstić information content (AvgIpc) is 2.67. The molecule has 1 N–H and O–H groups in total. The van der Waals surface area contributed by atoms with Gasteiger partial charge in [0.1, 0.15) is 5.56 Å². The Labute approximate surface area is 163 Å². The van der Waals surface area contributed by atoms with Crippen LogP contribution in [-0.4, -0.2) is 49.3 Å². The third kappa shape index (κ3) is 5.42. The van der Waals surface area contributed by atoms with Gasteiger partial charge in [-0.05, 0) is 38.5 Å². The molecule has 1 aromatic carbocycles. The SMILES string of the molecule is CCOC(=O)c1ccc2ncc(C(=O)OCC)c(NCCCOC(C)=O)c2c1. The van der Waals surface area contributed by atoms with Crippen molar-refractivity contribution in [2.24, 2.45) is 0 Å². The Kier molecular flexibility index (Phi) is 7.74. The number of benzene rings is 1. The minimum Gasteiger partial charge on any atom is -0.466 e. The topological polar surface area (TPSA) is 104 Å². The number of ether oxygens (including phenoxy) is 3. The van der Waals surface area contributed by atoms with E-state index in [4.69, 9.17) is 14.2 Å². The van der Waals surface area contributed by atoms with Crippen LogP contribution in [0.2, 0.25) is 0 Å². The lowest BCUT2D eigenvalue weighted by Crippen LogP contribution is -2.14. The van der Waals surface area contributed by atoms with Crippen molar-refractivity contribution < 1.29 is 28.6 Å². The lowest BCUT2D eigenvalue weighted by atomic mass is 10.1. The second-order valence-electron chi connectivity index (χ2n) is 5.84. The van der Waals surface area contributed by atoms with Crippen molar-refractivity contribution in [2.75, 3.05) is 31.7 Å². The van der Waals surface area contributed by atoms with Crippen molar-refractivity contribution in [3.8, 4) is 0 Å². The van der Waals surface area contributed by atoms with Crippen LogP contribution in [0.5, 0.6) is 0 Å². The first-order chi connectivity index (χ1) is 13.5. The number of carbonyl (C=O) groups is 3. The van der Waals surface area contributed by atoms with Crippen LogP contribution in [0.25, 0.3) is 10.9 Å². The van der Waals surface area contributed by atoms with E-state index in [-0.39, 0.29) is 31.4 Å². The van der Waals surface area contributed by atoms with Gasteiger partial charge < -0.3 is 19.5 Å².